The molecule has 0 unspecified atom stereocenters. The summed E-state index contributed by atoms with van der Waals surface area (Å²) in [5.41, 5.74) is 4.57. The number of aromatic amines is 1. The lowest BCUT2D eigenvalue weighted by Gasteiger charge is -2.12. The van der Waals surface area contributed by atoms with Gasteiger partial charge in [0.05, 0.1) is 29.8 Å². The molecule has 3 heterocycles. The number of nitrogens with zero attached hydrogens (tertiary/aromatic N) is 3. The smallest absolute Gasteiger partial charge is 0.341 e. The van der Waals surface area contributed by atoms with Crippen LogP contribution in [-0.4, -0.2) is 44.0 Å². The summed E-state index contributed by atoms with van der Waals surface area (Å²) in [6.07, 6.45) is 5.29. The second kappa shape index (κ2) is 10.5. The minimum absolute atomic E-state index is 0.0108. The van der Waals surface area contributed by atoms with Gasteiger partial charge in [-0.25, -0.2) is 14.5 Å². The molecular weight excluding hydrogens is 510 g/mol. The molecule has 192 valence electrons. The fraction of sp³-hybridized carbons (Fsp3) is 0.346. The van der Waals surface area contributed by atoms with Gasteiger partial charge in [0.25, 0.3) is 5.56 Å². The van der Waals surface area contributed by atoms with Crippen LogP contribution in [0.4, 0.5) is 5.00 Å². The van der Waals surface area contributed by atoms with Gasteiger partial charge in [-0.2, -0.15) is 5.10 Å². The lowest BCUT2D eigenvalue weighted by molar-refractivity contribution is -0.113. The summed E-state index contributed by atoms with van der Waals surface area (Å²) in [5.74, 6) is -0.683. The first-order valence-electron chi connectivity index (χ1n) is 12.2. The molecule has 0 fully saturated rings. The van der Waals surface area contributed by atoms with Crippen molar-refractivity contribution >= 4 is 51.0 Å². The first-order valence-corrected chi connectivity index (χ1v) is 14.0. The molecule has 0 aliphatic heterocycles. The molecule has 0 saturated heterocycles. The van der Waals surface area contributed by atoms with E-state index >= 15 is 0 Å². The summed E-state index contributed by atoms with van der Waals surface area (Å²) in [4.78, 5) is 46.7. The Bertz CT molecular complexity index is 1570. The summed E-state index contributed by atoms with van der Waals surface area (Å²) in [5, 5.41) is 8.51. The highest BCUT2D eigenvalue weighted by Gasteiger charge is 2.27. The second-order valence-corrected chi connectivity index (χ2v) is 10.9. The van der Waals surface area contributed by atoms with Crippen molar-refractivity contribution in [2.45, 2.75) is 51.6 Å². The Labute approximate surface area is 221 Å². The average molecular weight is 538 g/mol. The van der Waals surface area contributed by atoms with Crippen LogP contribution in [0.2, 0.25) is 0 Å². The highest BCUT2D eigenvalue weighted by atomic mass is 32.2. The van der Waals surface area contributed by atoms with Gasteiger partial charge in [-0.1, -0.05) is 23.9 Å². The molecule has 0 saturated carbocycles. The van der Waals surface area contributed by atoms with Crippen LogP contribution >= 0.6 is 23.1 Å². The number of aromatic nitrogens is 4. The Morgan fingerprint density at radius 3 is 2.86 bits per heavy atom. The molecule has 3 aromatic heterocycles. The molecular formula is C26H27N5O4S2. The molecule has 11 heteroatoms. The molecule has 0 spiro atoms. The van der Waals surface area contributed by atoms with Gasteiger partial charge in [-0.05, 0) is 69.2 Å². The summed E-state index contributed by atoms with van der Waals surface area (Å²) in [6, 6.07) is 5.88. The average Bonchev–Trinajstić information content (AvgIpc) is 3.46. The van der Waals surface area contributed by atoms with Crippen LogP contribution in [0.1, 0.15) is 51.7 Å². The van der Waals surface area contributed by atoms with Crippen LogP contribution < -0.4 is 10.9 Å². The number of carbonyl (C=O) groups excluding carboxylic acids is 2. The van der Waals surface area contributed by atoms with Gasteiger partial charge in [0.1, 0.15) is 10.4 Å². The lowest BCUT2D eigenvalue weighted by atomic mass is 9.95. The van der Waals surface area contributed by atoms with Crippen LogP contribution in [0.15, 0.2) is 34.3 Å². The van der Waals surface area contributed by atoms with Crippen molar-refractivity contribution < 1.29 is 14.3 Å². The molecule has 0 atom stereocenters. The highest BCUT2D eigenvalue weighted by molar-refractivity contribution is 7.99. The zero-order valence-electron chi connectivity index (χ0n) is 20.8. The van der Waals surface area contributed by atoms with E-state index in [4.69, 9.17) is 4.74 Å². The monoisotopic (exact) mass is 537 g/mol. The van der Waals surface area contributed by atoms with E-state index in [9.17, 15) is 14.4 Å². The van der Waals surface area contributed by atoms with Gasteiger partial charge in [0.15, 0.2) is 10.8 Å². The van der Waals surface area contributed by atoms with Crippen molar-refractivity contribution in [3.05, 3.63) is 61.9 Å². The number of fused-ring (bicyclic) bond motifs is 2. The first kappa shape index (κ1) is 25.2. The third-order valence-corrected chi connectivity index (χ3v) is 8.54. The maximum Gasteiger partial charge on any atom is 0.341 e. The number of carbonyl (C=O) groups is 2. The second-order valence-electron chi connectivity index (χ2n) is 8.86. The summed E-state index contributed by atoms with van der Waals surface area (Å²) < 4.78 is 6.92. The Morgan fingerprint density at radius 2 is 2.05 bits per heavy atom. The van der Waals surface area contributed by atoms with E-state index in [1.54, 1.807) is 11.6 Å². The van der Waals surface area contributed by atoms with Crippen molar-refractivity contribution in [3.8, 4) is 5.69 Å². The van der Waals surface area contributed by atoms with Gasteiger partial charge in [-0.3, -0.25) is 9.59 Å². The van der Waals surface area contributed by atoms with Gasteiger partial charge < -0.3 is 15.0 Å². The molecule has 1 aliphatic carbocycles. The maximum atomic E-state index is 12.9. The molecule has 5 rings (SSSR count). The molecule has 2 N–H and O–H groups in total. The summed E-state index contributed by atoms with van der Waals surface area (Å²) in [7, 11) is 0. The largest absolute Gasteiger partial charge is 0.462 e. The Balaban J connectivity index is 1.37. The van der Waals surface area contributed by atoms with E-state index in [-0.39, 0.29) is 23.8 Å². The Hall–Kier alpha value is -3.44. The quantitative estimate of drug-likeness (QED) is 0.201. The number of nitrogens with one attached hydrogen (secondary N) is 2. The molecule has 1 aliphatic rings. The number of aryl methyl sites for hydroxylation is 2. The molecule has 9 nitrogen and oxygen atoms in total. The van der Waals surface area contributed by atoms with Crippen LogP contribution in [-0.2, 0) is 22.4 Å². The number of hydrogen-bond donors (Lipinski definition) is 2. The molecule has 37 heavy (non-hydrogen) atoms. The lowest BCUT2D eigenvalue weighted by Crippen LogP contribution is -2.18. The molecule has 4 aromatic rings. The normalized spacial score (nSPS) is 12.9. The first-order chi connectivity index (χ1) is 17.9. The number of H-pyrrole nitrogens is 1. The number of ether oxygens (including phenoxy) is 1. The summed E-state index contributed by atoms with van der Waals surface area (Å²) in [6.45, 7) is 6.05. The topological polar surface area (TPSA) is 119 Å². The fourth-order valence-electron chi connectivity index (χ4n) is 4.48. The number of rotatable bonds is 7. The number of thiophene rings is 1. The predicted molar refractivity (Wildman–Crippen MR) is 145 cm³/mol. The van der Waals surface area contributed by atoms with Crippen LogP contribution in [0, 0.1) is 13.8 Å². The van der Waals surface area contributed by atoms with Gasteiger partial charge in [0.2, 0.25) is 5.91 Å². The van der Waals surface area contributed by atoms with Crippen molar-refractivity contribution in [1.82, 2.24) is 19.7 Å². The third-order valence-electron chi connectivity index (χ3n) is 6.46. The fourth-order valence-corrected chi connectivity index (χ4v) is 6.43. The highest BCUT2D eigenvalue weighted by Crippen LogP contribution is 2.38. The maximum absolute atomic E-state index is 12.9. The van der Waals surface area contributed by atoms with Crippen molar-refractivity contribution in [1.29, 1.82) is 0 Å². The number of anilines is 1. The molecule has 1 aromatic carbocycles. The van der Waals surface area contributed by atoms with Crippen molar-refractivity contribution in [3.63, 3.8) is 0 Å². The standard InChI is InChI=1S/C26H27N5O4S2/c1-4-35-25(34)21-16-9-5-6-11-19(16)37-24(21)28-20(32)13-36-26-29-22-17(23(33)30-26)12-27-31(22)18-10-7-8-14(2)15(18)3/h7-8,10,12H,4-6,9,11,13H2,1-3H3,(H,28,32)(H,29,30,33). The SMILES string of the molecule is CCOC(=O)c1c(NC(=O)CSc2nc3c(cnn3-c3cccc(C)c3C)c(=O)[nH]2)sc2c1CCCC2. The number of thioether (sulfide) groups is 1. The zero-order chi connectivity index (χ0) is 26.1. The molecule has 0 radical (unpaired) electrons. The van der Waals surface area contributed by atoms with E-state index in [0.717, 1.165) is 64.7 Å². The molecule has 0 bridgehead atoms. The van der Waals surface area contributed by atoms with Crippen LogP contribution in [0.5, 0.6) is 0 Å². The van der Waals surface area contributed by atoms with Gasteiger partial charge in [0, 0.05) is 4.88 Å². The number of esters is 1. The van der Waals surface area contributed by atoms with Crippen molar-refractivity contribution in [2.24, 2.45) is 0 Å². The zero-order valence-corrected chi connectivity index (χ0v) is 22.5. The minimum atomic E-state index is -0.402. The van der Waals surface area contributed by atoms with E-state index in [1.807, 2.05) is 32.0 Å². The van der Waals surface area contributed by atoms with Crippen LogP contribution in [0.3, 0.4) is 0 Å². The predicted octanol–water partition coefficient (Wildman–Crippen LogP) is 4.57. The van der Waals surface area contributed by atoms with E-state index < -0.39 is 5.97 Å². The Morgan fingerprint density at radius 1 is 1.24 bits per heavy atom. The summed E-state index contributed by atoms with van der Waals surface area (Å²) >= 11 is 2.57. The third kappa shape index (κ3) is 4.93. The minimum Gasteiger partial charge on any atom is -0.462 e. The van der Waals surface area contributed by atoms with E-state index in [0.29, 0.717) is 26.8 Å². The van der Waals surface area contributed by atoms with Gasteiger partial charge in [-0.15, -0.1) is 11.3 Å². The van der Waals surface area contributed by atoms with Crippen molar-refractivity contribution in [2.75, 3.05) is 17.7 Å². The molecule has 1 amide bonds. The van der Waals surface area contributed by atoms with E-state index in [2.05, 4.69) is 20.4 Å². The van der Waals surface area contributed by atoms with E-state index in [1.165, 1.54) is 17.5 Å². The van der Waals surface area contributed by atoms with Gasteiger partial charge >= 0.3 is 5.97 Å². The number of hydrogen-bond acceptors (Lipinski definition) is 8. The van der Waals surface area contributed by atoms with Crippen LogP contribution in [0.25, 0.3) is 16.7 Å². The number of benzene rings is 1. The Kier molecular flexibility index (Phi) is 7.16. The number of amides is 1.